The number of aliphatic hydroxyl groups is 1. The molecule has 82 valence electrons. The molecule has 2 rings (SSSR count). The number of para-hydroxylation sites is 1. The van der Waals surface area contributed by atoms with Crippen LogP contribution in [0, 0.1) is 0 Å². The number of ether oxygens (including phenoxy) is 1. The van der Waals surface area contributed by atoms with Crippen molar-refractivity contribution in [3.05, 3.63) is 36.5 Å². The van der Waals surface area contributed by atoms with Crippen LogP contribution >= 0.6 is 0 Å². The van der Waals surface area contributed by atoms with E-state index < -0.39 is 12.1 Å². The lowest BCUT2D eigenvalue weighted by atomic mass is 10.2. The van der Waals surface area contributed by atoms with E-state index in [0.29, 0.717) is 11.3 Å². The Labute approximate surface area is 92.5 Å². The molecule has 1 unspecified atom stereocenters. The van der Waals surface area contributed by atoms with E-state index in [4.69, 9.17) is 9.84 Å². The lowest BCUT2D eigenvalue weighted by Crippen LogP contribution is -2.22. The molecule has 1 aromatic heterocycles. The van der Waals surface area contributed by atoms with Gasteiger partial charge in [-0.3, -0.25) is 4.98 Å². The van der Waals surface area contributed by atoms with E-state index in [1.807, 2.05) is 18.2 Å². The summed E-state index contributed by atoms with van der Waals surface area (Å²) in [6.07, 6.45) is 0.487. The van der Waals surface area contributed by atoms with Crippen LogP contribution in [0.1, 0.15) is 6.92 Å². The predicted molar refractivity (Wildman–Crippen MR) is 59.1 cm³/mol. The number of hydrogen-bond acceptors (Lipinski definition) is 4. The van der Waals surface area contributed by atoms with Gasteiger partial charge in [0.1, 0.15) is 11.6 Å². The van der Waals surface area contributed by atoms with Crippen molar-refractivity contribution in [2.75, 3.05) is 0 Å². The number of carbonyl (C=O) groups is 1. The number of hydrogen-bond donors (Lipinski definition) is 1. The minimum Gasteiger partial charge on any atom is -0.422 e. The van der Waals surface area contributed by atoms with Gasteiger partial charge in [-0.15, -0.1) is 0 Å². The van der Waals surface area contributed by atoms with Crippen LogP contribution in [0.15, 0.2) is 36.5 Å². The van der Waals surface area contributed by atoms with Gasteiger partial charge in [-0.1, -0.05) is 18.2 Å². The molecule has 0 radical (unpaired) electrons. The first-order chi connectivity index (χ1) is 7.68. The zero-order chi connectivity index (χ0) is 11.5. The highest BCUT2D eigenvalue weighted by Crippen LogP contribution is 2.23. The minimum atomic E-state index is -1.14. The molecule has 0 saturated carbocycles. The van der Waals surface area contributed by atoms with Crippen molar-refractivity contribution in [1.29, 1.82) is 0 Å². The Morgan fingerprint density at radius 2 is 2.12 bits per heavy atom. The number of carbonyl (C=O) groups excluding carboxylic acids is 1. The molecule has 1 atom stereocenters. The third-order valence-electron chi connectivity index (χ3n) is 2.15. The van der Waals surface area contributed by atoms with Gasteiger partial charge in [-0.25, -0.2) is 4.79 Å². The third-order valence-corrected chi connectivity index (χ3v) is 2.15. The van der Waals surface area contributed by atoms with Crippen LogP contribution in [-0.4, -0.2) is 22.2 Å². The second-order valence-electron chi connectivity index (χ2n) is 3.43. The Kier molecular flexibility index (Phi) is 2.83. The van der Waals surface area contributed by atoms with Gasteiger partial charge >= 0.3 is 5.97 Å². The largest absolute Gasteiger partial charge is 0.422 e. The molecule has 0 aliphatic rings. The number of benzene rings is 1. The van der Waals surface area contributed by atoms with E-state index in [1.54, 1.807) is 18.3 Å². The Morgan fingerprint density at radius 1 is 1.38 bits per heavy atom. The summed E-state index contributed by atoms with van der Waals surface area (Å²) in [7, 11) is 0. The molecule has 2 aromatic rings. The summed E-state index contributed by atoms with van der Waals surface area (Å²) >= 11 is 0. The van der Waals surface area contributed by atoms with E-state index >= 15 is 0 Å². The first-order valence-corrected chi connectivity index (χ1v) is 4.92. The molecule has 0 fully saturated rings. The van der Waals surface area contributed by atoms with E-state index in [1.165, 1.54) is 6.92 Å². The van der Waals surface area contributed by atoms with Crippen molar-refractivity contribution in [2.45, 2.75) is 13.0 Å². The number of nitrogens with zero attached hydrogens (tertiary/aromatic N) is 1. The molecule has 4 nitrogen and oxygen atoms in total. The second-order valence-corrected chi connectivity index (χ2v) is 3.43. The summed E-state index contributed by atoms with van der Waals surface area (Å²) in [6.45, 7) is 1.36. The monoisotopic (exact) mass is 217 g/mol. The van der Waals surface area contributed by atoms with Gasteiger partial charge < -0.3 is 9.84 Å². The highest BCUT2D eigenvalue weighted by Gasteiger charge is 2.13. The van der Waals surface area contributed by atoms with Crippen molar-refractivity contribution < 1.29 is 14.6 Å². The summed E-state index contributed by atoms with van der Waals surface area (Å²) in [4.78, 5) is 15.4. The molecule has 1 N–H and O–H groups in total. The van der Waals surface area contributed by atoms with Crippen molar-refractivity contribution in [2.24, 2.45) is 0 Å². The number of esters is 1. The quantitative estimate of drug-likeness (QED) is 0.612. The maximum atomic E-state index is 11.3. The van der Waals surface area contributed by atoms with Crippen LogP contribution in [0.2, 0.25) is 0 Å². The highest BCUT2D eigenvalue weighted by molar-refractivity contribution is 5.87. The normalized spacial score (nSPS) is 12.4. The molecule has 1 aromatic carbocycles. The predicted octanol–water partition coefficient (Wildman–Crippen LogP) is 1.52. The summed E-state index contributed by atoms with van der Waals surface area (Å²) in [5, 5.41) is 9.95. The molecule has 1 heterocycles. The molecule has 0 spiro atoms. The third kappa shape index (κ3) is 2.01. The van der Waals surface area contributed by atoms with E-state index in [2.05, 4.69) is 4.98 Å². The molecule has 16 heavy (non-hydrogen) atoms. The number of aromatic nitrogens is 1. The van der Waals surface area contributed by atoms with Gasteiger partial charge in [0.05, 0.1) is 0 Å². The van der Waals surface area contributed by atoms with Crippen LogP contribution < -0.4 is 4.74 Å². The van der Waals surface area contributed by atoms with Crippen molar-refractivity contribution in [1.82, 2.24) is 4.98 Å². The molecular formula is C12H11NO3. The maximum Gasteiger partial charge on any atom is 0.340 e. The van der Waals surface area contributed by atoms with Crippen LogP contribution in [0.25, 0.3) is 10.9 Å². The van der Waals surface area contributed by atoms with Gasteiger partial charge in [0.25, 0.3) is 0 Å². The van der Waals surface area contributed by atoms with E-state index in [0.717, 1.165) is 5.39 Å². The lowest BCUT2D eigenvalue weighted by Gasteiger charge is -2.07. The second kappa shape index (κ2) is 4.28. The molecule has 0 aliphatic heterocycles. The zero-order valence-corrected chi connectivity index (χ0v) is 8.75. The minimum absolute atomic E-state index is 0.365. The first-order valence-electron chi connectivity index (χ1n) is 4.92. The van der Waals surface area contributed by atoms with Crippen molar-refractivity contribution in [3.8, 4) is 5.75 Å². The van der Waals surface area contributed by atoms with Crippen LogP contribution in [0.5, 0.6) is 5.75 Å². The van der Waals surface area contributed by atoms with Gasteiger partial charge in [-0.05, 0) is 19.1 Å². The first kappa shape index (κ1) is 10.6. The van der Waals surface area contributed by atoms with Crippen LogP contribution in [-0.2, 0) is 4.79 Å². The molecular weight excluding hydrogens is 206 g/mol. The highest BCUT2D eigenvalue weighted by atomic mass is 16.5. The van der Waals surface area contributed by atoms with Crippen molar-refractivity contribution >= 4 is 16.9 Å². The van der Waals surface area contributed by atoms with Gasteiger partial charge in [-0.2, -0.15) is 0 Å². The molecule has 0 amide bonds. The van der Waals surface area contributed by atoms with Gasteiger partial charge in [0, 0.05) is 11.6 Å². The maximum absolute atomic E-state index is 11.3. The smallest absolute Gasteiger partial charge is 0.340 e. The average Bonchev–Trinajstić information content (AvgIpc) is 2.29. The standard InChI is InChI=1S/C12H11NO3/c1-8(14)12(15)16-10-6-2-4-9-5-3-7-13-11(9)10/h2-8,14H,1H3. The zero-order valence-electron chi connectivity index (χ0n) is 8.75. The molecule has 0 saturated heterocycles. The average molecular weight is 217 g/mol. The fraction of sp³-hybridized carbons (Fsp3) is 0.167. The summed E-state index contributed by atoms with van der Waals surface area (Å²) in [5.74, 6) is -0.317. The van der Waals surface area contributed by atoms with Gasteiger partial charge in [0.2, 0.25) is 0 Å². The fourth-order valence-electron chi connectivity index (χ4n) is 1.35. The van der Waals surface area contributed by atoms with E-state index in [9.17, 15) is 4.79 Å². The summed E-state index contributed by atoms with van der Waals surface area (Å²) in [5.41, 5.74) is 0.610. The topological polar surface area (TPSA) is 59.4 Å². The fourth-order valence-corrected chi connectivity index (χ4v) is 1.35. The number of aliphatic hydroxyl groups excluding tert-OH is 1. The van der Waals surface area contributed by atoms with Gasteiger partial charge in [0.15, 0.2) is 5.75 Å². The lowest BCUT2D eigenvalue weighted by molar-refractivity contribution is -0.142. The van der Waals surface area contributed by atoms with Crippen LogP contribution in [0.3, 0.4) is 0 Å². The molecule has 4 heteroatoms. The Balaban J connectivity index is 2.41. The molecule has 0 aliphatic carbocycles. The van der Waals surface area contributed by atoms with Crippen LogP contribution in [0.4, 0.5) is 0 Å². The Hall–Kier alpha value is -1.94. The number of pyridine rings is 1. The number of fused-ring (bicyclic) bond motifs is 1. The van der Waals surface area contributed by atoms with E-state index in [-0.39, 0.29) is 0 Å². The summed E-state index contributed by atoms with van der Waals surface area (Å²) in [6, 6.07) is 8.98. The SMILES string of the molecule is CC(O)C(=O)Oc1cccc2cccnc12. The Bertz CT molecular complexity index is 517. The van der Waals surface area contributed by atoms with Crippen molar-refractivity contribution in [3.63, 3.8) is 0 Å². The summed E-state index contributed by atoms with van der Waals surface area (Å²) < 4.78 is 5.04. The number of rotatable bonds is 2. The molecule has 0 bridgehead atoms. The Morgan fingerprint density at radius 3 is 2.88 bits per heavy atom.